The number of H-pyrrole nitrogens is 1. The number of amides is 3. The van der Waals surface area contributed by atoms with Crippen molar-refractivity contribution in [2.45, 2.75) is 222 Å². The molecule has 7 heterocycles. The molecule has 25 nitrogen and oxygen atoms in total. The van der Waals surface area contributed by atoms with Gasteiger partial charge in [0.1, 0.15) is 33.9 Å². The summed E-state index contributed by atoms with van der Waals surface area (Å²) in [5, 5.41) is 24.9. The second-order valence-electron chi connectivity index (χ2n) is 34.8. The second-order valence-corrected chi connectivity index (χ2v) is 42.2. The third-order valence-corrected chi connectivity index (χ3v) is 26.6. The van der Waals surface area contributed by atoms with E-state index in [0.29, 0.717) is 110 Å². The number of carboxylic acids is 2. The van der Waals surface area contributed by atoms with Crippen molar-refractivity contribution >= 4 is 221 Å². The third-order valence-electron chi connectivity index (χ3n) is 21.8. The molecule has 729 valence electrons. The van der Waals surface area contributed by atoms with Crippen molar-refractivity contribution in [3.8, 4) is 0 Å². The monoisotopic (exact) mass is 2180 g/mol. The van der Waals surface area contributed by atoms with Crippen LogP contribution in [0, 0.1) is 0 Å². The van der Waals surface area contributed by atoms with Gasteiger partial charge in [-0.3, -0.25) is 24.4 Å². The van der Waals surface area contributed by atoms with Gasteiger partial charge in [0.25, 0.3) is 17.7 Å². The molecule has 3 amide bonds. The Morgan fingerprint density at radius 1 is 0.551 bits per heavy atom. The number of benzene rings is 4. The Bertz CT molecular complexity index is 5650. The summed E-state index contributed by atoms with van der Waals surface area (Å²) in [6.07, 6.45) is 23.3. The van der Waals surface area contributed by atoms with Crippen molar-refractivity contribution in [3.63, 3.8) is 0 Å². The predicted octanol–water partition coefficient (Wildman–Crippen LogP) is 20.5. The number of methoxy groups -OCH3 is 1. The number of hydrogen-bond acceptors (Lipinski definition) is 17. The number of alkyl halides is 7. The molecular weight excluding hydrogens is 2080 g/mol. The fraction of sp³-hybridized carbons (Fsp3) is 0.433. The fourth-order valence-corrected chi connectivity index (χ4v) is 18.4. The predicted molar refractivity (Wildman–Crippen MR) is 545 cm³/mol. The van der Waals surface area contributed by atoms with Crippen LogP contribution in [0.15, 0.2) is 165 Å². The number of aliphatic carboxylic acids is 1. The largest absolute Gasteiger partial charge is 1.00 e. The molecule has 0 saturated heterocycles. The van der Waals surface area contributed by atoms with Crippen LogP contribution in [0.4, 0.5) is 0 Å². The van der Waals surface area contributed by atoms with Crippen molar-refractivity contribution in [1.29, 1.82) is 0 Å². The van der Waals surface area contributed by atoms with Crippen LogP contribution in [0.3, 0.4) is 0 Å². The van der Waals surface area contributed by atoms with Gasteiger partial charge in [-0.25, -0.2) is 28.8 Å². The van der Waals surface area contributed by atoms with Gasteiger partial charge in [-0.05, 0) is 270 Å². The first kappa shape index (κ1) is 119. The van der Waals surface area contributed by atoms with E-state index >= 15 is 0 Å². The van der Waals surface area contributed by atoms with E-state index in [-0.39, 0.29) is 123 Å². The summed E-state index contributed by atoms with van der Waals surface area (Å²) in [5.41, 5.74) is 18.9. The van der Waals surface area contributed by atoms with Gasteiger partial charge in [0, 0.05) is 95.1 Å². The fourth-order valence-electron chi connectivity index (χ4n) is 15.7. The van der Waals surface area contributed by atoms with E-state index in [1.54, 1.807) is 60.8 Å². The molecule has 0 spiro atoms. The zero-order valence-corrected chi connectivity index (χ0v) is 87.6. The Morgan fingerprint density at radius 2 is 0.971 bits per heavy atom. The number of aromatic amines is 1. The van der Waals surface area contributed by atoms with Gasteiger partial charge >= 0.3 is 54.7 Å². The Labute approximate surface area is 875 Å². The number of halogens is 12. The Kier molecular flexibility index (Phi) is 46.4. The number of aryl methyl sites for hydroxylation is 4. The molecule has 7 N–H and O–H groups in total. The van der Waals surface area contributed by atoms with E-state index in [1.165, 1.54) is 36.8 Å². The van der Waals surface area contributed by atoms with Crippen LogP contribution in [-0.2, 0) is 67.3 Å². The second kappa shape index (κ2) is 53.0. The summed E-state index contributed by atoms with van der Waals surface area (Å²) in [7, 11) is 1.35. The molecule has 4 unspecified atom stereocenters. The van der Waals surface area contributed by atoms with Gasteiger partial charge in [-0.1, -0.05) is 192 Å². The quantitative estimate of drug-likeness (QED) is 0.0347. The molecule has 136 heavy (non-hydrogen) atoms. The zero-order chi connectivity index (χ0) is 97.2. The number of hydrogen-bond donors (Lipinski definition) is 5. The average molecular weight is 2190 g/mol. The molecule has 6 aliphatic carbocycles. The van der Waals surface area contributed by atoms with Gasteiger partial charge in [-0.15, -0.1) is 0 Å². The van der Waals surface area contributed by atoms with Crippen molar-refractivity contribution in [2.24, 2.45) is 15.7 Å². The summed E-state index contributed by atoms with van der Waals surface area (Å²) in [4.78, 5) is 122. The molecule has 3 radical (unpaired) electrons. The van der Waals surface area contributed by atoms with Gasteiger partial charge in [0.05, 0.1) is 89.5 Å². The molecule has 10 aliphatic rings. The summed E-state index contributed by atoms with van der Waals surface area (Å²) >= 11 is 64.2. The topological polar surface area (TPSA) is 356 Å². The van der Waals surface area contributed by atoms with Crippen LogP contribution < -0.4 is 29.9 Å². The first-order valence-electron chi connectivity index (χ1n) is 42.7. The summed E-state index contributed by atoms with van der Waals surface area (Å²) in [6.45, 7) is 23.0. The zero-order valence-electron chi connectivity index (χ0n) is 76.9. The summed E-state index contributed by atoms with van der Waals surface area (Å²) < 4.78 is 21.8. The van der Waals surface area contributed by atoms with Crippen LogP contribution in [0.5, 0.6) is 0 Å². The number of nitrogens with one attached hydrogen (secondary N) is 2. The Balaban J connectivity index is 0.000000282. The van der Waals surface area contributed by atoms with Crippen LogP contribution in [0.2, 0.25) is 15.1 Å². The van der Waals surface area contributed by atoms with Crippen molar-refractivity contribution in [1.82, 2.24) is 29.2 Å². The number of rotatable bonds is 11. The SMILES string of the molecule is BrCCBr.C.CC(C)(C)OC(=O)c1ccc2c(c1)C(N)CC2.CC(C)(C)OC(=O)c1ccc2c(c1)C(N1CCn3ccc(Cl)c3C1=O)CC2.CC(C)(C)OC(=O)c1ccc2c(c1)C(NC(=O)c1[nH]ccc1Cl)CC2.CC1=NCCC1.COC(=O)C1=C(Cl)C=CC1.ClC(Cl)(Cl)C1=NCCC1(Cl)Cl.O=C(O)C1=C(Cl)C=CC1.O=C(O)c1ccc2c(c1)C(N1CCn3ccc(Cl)c3C1=O)CC2.[B].[Li+].[OH-]. The number of esters is 4. The number of nitrogens with two attached hydrogens (primary N) is 1. The number of aromatic carboxylic acids is 1. The van der Waals surface area contributed by atoms with Crippen LogP contribution >= 0.6 is 148 Å². The first-order chi connectivity index (χ1) is 62.0. The normalized spacial score (nSPS) is 17.9. The van der Waals surface area contributed by atoms with Crippen LogP contribution in [0.25, 0.3) is 0 Å². The average Bonchev–Trinajstić information content (AvgIpc) is 1.59. The minimum Gasteiger partial charge on any atom is -0.870 e. The maximum atomic E-state index is 13.0. The van der Waals surface area contributed by atoms with Gasteiger partial charge < -0.3 is 69.6 Å². The maximum Gasteiger partial charge on any atom is 1.00 e. The van der Waals surface area contributed by atoms with Crippen molar-refractivity contribution < 1.29 is 96.6 Å². The molecule has 17 rings (SSSR count). The number of carbonyl (C=O) groups is 9. The molecule has 0 bridgehead atoms. The number of carbonyl (C=O) groups excluding carboxylic acids is 7. The number of nitrogens with zero attached hydrogens (tertiary/aromatic N) is 6. The van der Waals surface area contributed by atoms with E-state index in [9.17, 15) is 48.3 Å². The van der Waals surface area contributed by atoms with Crippen molar-refractivity contribution in [2.75, 3.05) is 43.9 Å². The molecule has 3 aromatic heterocycles. The number of allylic oxidation sites excluding steroid dienone is 6. The van der Waals surface area contributed by atoms with Crippen LogP contribution in [-0.4, -0.2) is 182 Å². The molecular formula is C97H112BBr2Cl10LiN9O16. The smallest absolute Gasteiger partial charge is 0.870 e. The molecule has 0 saturated carbocycles. The molecule has 4 aliphatic heterocycles. The first-order valence-corrected chi connectivity index (χ1v) is 48.7. The standard InChI is InChI=1S/C21H23ClN2O3.C19H21ClN2O3.C17H15ClN2O3.C14H19NO2.C7H7ClO2.C6H5ClO2.C5H4Cl5N.C5H9N.C2H4Br2.CH4.B.Li.H2O/c1-21(2,3)27-20(26)14-5-4-13-6-7-17(15(13)12-14)24-11-10-23-9-8-16(22)18(23)19(24)25;1-19(2,3)25-18(24)12-5-4-11-6-7-15(13(11)10-12)22-17(23)16-14(20)8-9-21-16;18-13-5-6-19-7-8-20(16(21)15(13)19)14-4-3-10-1-2-11(17(22)23)9-12(10)14;1-14(2,3)17-13(16)10-5-4-9-6-7-12(15)11(9)8-10;1-10-7(9)5-3-2-4-6(5)8;7-5-3-1-2-4(5)6(8)9;6-4(7)1-2-11-3(4)5(8,9)10;1-5-3-2-4-6-5;3-1-2-4;;;;/h4-5,8-9,12,17H,6-7,10-11H2,1-3H3;4-5,8-10,15,21H,6-7H2,1-3H3,(H,22,23);1-2,5-6,9,14H,3-4,7-8H2,(H,22,23);4-5,8,12H,6-7,15H2,1-3H3;2,4H,3H2,1H3;1,3H,2H2,(H,8,9);1-2H2;2-4H2,1H3;1-2H2;1H4;;;1H2/q;;;;;;;;;;;+1;/p-1. The van der Waals surface area contributed by atoms with Crippen molar-refractivity contribution in [3.05, 3.63) is 254 Å². The molecule has 4 atom stereocenters. The molecule has 0 fully saturated rings. The molecule has 4 aromatic carbocycles. The van der Waals surface area contributed by atoms with E-state index < -0.39 is 36.9 Å². The number of fused-ring (bicyclic) bond motifs is 6. The van der Waals surface area contributed by atoms with Gasteiger partial charge in [-0.2, -0.15) is 0 Å². The summed E-state index contributed by atoms with van der Waals surface area (Å²) in [6, 6.07) is 27.1. The number of aromatic nitrogens is 3. The van der Waals surface area contributed by atoms with E-state index in [4.69, 9.17) is 141 Å². The number of ether oxygens (including phenoxy) is 4. The van der Waals surface area contributed by atoms with E-state index in [0.717, 1.165) is 108 Å². The minimum absolute atomic E-state index is 0. The van der Waals surface area contributed by atoms with Gasteiger partial charge in [0.2, 0.25) is 3.79 Å². The van der Waals surface area contributed by atoms with E-state index in [1.807, 2.05) is 154 Å². The summed E-state index contributed by atoms with van der Waals surface area (Å²) in [5.74, 6) is -3.56. The van der Waals surface area contributed by atoms with E-state index in [2.05, 4.69) is 63.8 Å². The third kappa shape index (κ3) is 32.9. The number of aliphatic imine (C=N–C) groups is 2. The maximum absolute atomic E-state index is 13.0. The van der Waals surface area contributed by atoms with Crippen LogP contribution in [0.1, 0.15) is 276 Å². The Hall–Kier alpha value is -7.31. The van der Waals surface area contributed by atoms with Gasteiger partial charge in [0.15, 0.2) is 4.33 Å². The molecule has 7 aromatic rings. The minimum atomic E-state index is -1.58. The Morgan fingerprint density at radius 3 is 1.32 bits per heavy atom. The molecule has 39 heteroatoms. The number of carboxylic acid groups (broad SMARTS) is 2.